The van der Waals surface area contributed by atoms with Gasteiger partial charge in [0.1, 0.15) is 0 Å². The smallest absolute Gasteiger partial charge is 0.408 e. The first-order valence-electron chi connectivity index (χ1n) is 5.31. The third-order valence-corrected chi connectivity index (χ3v) is 2.77. The molecule has 9 nitrogen and oxygen atoms in total. The SMILES string of the molecule is O=C(O)N1CCNCCNCC1(C(=O)O)C(=O)O. The molecule has 0 aromatic carbocycles. The second-order valence-electron chi connectivity index (χ2n) is 3.83. The van der Waals surface area contributed by atoms with Gasteiger partial charge in [-0.05, 0) is 0 Å². The summed E-state index contributed by atoms with van der Waals surface area (Å²) in [4.78, 5) is 34.1. The van der Waals surface area contributed by atoms with E-state index in [4.69, 9.17) is 15.3 Å². The van der Waals surface area contributed by atoms with E-state index in [1.807, 2.05) is 0 Å². The number of carboxylic acid groups (broad SMARTS) is 3. The standard InChI is InChI=1S/C9H15N3O6/c13-6(14)9(7(15)16)5-11-2-1-10-3-4-12(9)8(17)18/h10-11H,1-5H2,(H,13,14)(H,15,16)(H,17,18). The molecule has 1 aliphatic rings. The molecule has 0 spiro atoms. The Kier molecular flexibility index (Phi) is 4.45. The molecule has 1 aliphatic heterocycles. The van der Waals surface area contributed by atoms with Gasteiger partial charge in [-0.25, -0.2) is 14.4 Å². The molecule has 0 atom stereocenters. The molecule has 1 rings (SSSR count). The van der Waals surface area contributed by atoms with Crippen LogP contribution in [0.1, 0.15) is 0 Å². The summed E-state index contributed by atoms with van der Waals surface area (Å²) in [5.74, 6) is -3.40. The van der Waals surface area contributed by atoms with Crippen molar-refractivity contribution in [1.82, 2.24) is 15.5 Å². The lowest BCUT2D eigenvalue weighted by Gasteiger charge is -2.34. The summed E-state index contributed by atoms with van der Waals surface area (Å²) in [6, 6.07) is 0. The van der Waals surface area contributed by atoms with Crippen LogP contribution >= 0.6 is 0 Å². The number of hydrogen-bond acceptors (Lipinski definition) is 5. The van der Waals surface area contributed by atoms with Crippen LogP contribution in [0.5, 0.6) is 0 Å². The van der Waals surface area contributed by atoms with E-state index < -0.39 is 30.1 Å². The van der Waals surface area contributed by atoms with Crippen LogP contribution in [0.25, 0.3) is 0 Å². The maximum absolute atomic E-state index is 11.3. The predicted molar refractivity (Wildman–Crippen MR) is 58.5 cm³/mol. The van der Waals surface area contributed by atoms with Crippen LogP contribution in [0.4, 0.5) is 4.79 Å². The molecule has 1 saturated heterocycles. The first kappa shape index (κ1) is 14.2. The molecule has 0 aromatic heterocycles. The van der Waals surface area contributed by atoms with Gasteiger partial charge in [0.15, 0.2) is 0 Å². The van der Waals surface area contributed by atoms with E-state index in [9.17, 15) is 14.4 Å². The summed E-state index contributed by atoms with van der Waals surface area (Å²) in [6.45, 7) is 0.357. The Labute approximate surface area is 102 Å². The van der Waals surface area contributed by atoms with Gasteiger partial charge in [-0.3, -0.25) is 4.90 Å². The van der Waals surface area contributed by atoms with Gasteiger partial charge in [0.2, 0.25) is 0 Å². The quantitative estimate of drug-likeness (QED) is 0.362. The van der Waals surface area contributed by atoms with Gasteiger partial charge in [-0.2, -0.15) is 0 Å². The molecule has 0 unspecified atom stereocenters. The molecular weight excluding hydrogens is 246 g/mol. The summed E-state index contributed by atoms with van der Waals surface area (Å²) in [5.41, 5.74) is -2.50. The van der Waals surface area contributed by atoms with Gasteiger partial charge in [-0.15, -0.1) is 0 Å². The third kappa shape index (κ3) is 2.51. The van der Waals surface area contributed by atoms with Crippen LogP contribution in [-0.4, -0.2) is 76.5 Å². The second-order valence-corrected chi connectivity index (χ2v) is 3.83. The fourth-order valence-corrected chi connectivity index (χ4v) is 1.78. The van der Waals surface area contributed by atoms with Crippen LogP contribution in [0.3, 0.4) is 0 Å². The minimum atomic E-state index is -2.50. The fraction of sp³-hybridized carbons (Fsp3) is 0.667. The minimum Gasteiger partial charge on any atom is -0.479 e. The number of carbonyl (C=O) groups is 3. The van der Waals surface area contributed by atoms with E-state index in [0.29, 0.717) is 18.0 Å². The van der Waals surface area contributed by atoms with Crippen molar-refractivity contribution in [3.8, 4) is 0 Å². The van der Waals surface area contributed by atoms with Gasteiger partial charge >= 0.3 is 18.0 Å². The van der Waals surface area contributed by atoms with E-state index in [1.165, 1.54) is 0 Å². The molecule has 0 saturated carbocycles. The summed E-state index contributed by atoms with van der Waals surface area (Å²) in [6.07, 6.45) is -1.58. The Morgan fingerprint density at radius 3 is 2.00 bits per heavy atom. The molecule has 1 amide bonds. The highest BCUT2D eigenvalue weighted by Crippen LogP contribution is 2.17. The Bertz CT molecular complexity index is 344. The van der Waals surface area contributed by atoms with E-state index in [1.54, 1.807) is 0 Å². The van der Waals surface area contributed by atoms with Gasteiger partial charge in [0, 0.05) is 32.7 Å². The minimum absolute atomic E-state index is 0.191. The summed E-state index contributed by atoms with van der Waals surface area (Å²) >= 11 is 0. The van der Waals surface area contributed by atoms with Crippen molar-refractivity contribution in [2.45, 2.75) is 5.54 Å². The van der Waals surface area contributed by atoms with E-state index in [2.05, 4.69) is 10.6 Å². The van der Waals surface area contributed by atoms with Crippen molar-refractivity contribution in [2.75, 3.05) is 32.7 Å². The Hall–Kier alpha value is -1.87. The van der Waals surface area contributed by atoms with Crippen molar-refractivity contribution in [3.05, 3.63) is 0 Å². The number of nitrogens with one attached hydrogen (secondary N) is 2. The molecule has 0 aliphatic carbocycles. The number of amides is 1. The number of nitrogens with zero attached hydrogens (tertiary/aromatic N) is 1. The average Bonchev–Trinajstić information content (AvgIpc) is 2.37. The van der Waals surface area contributed by atoms with Crippen molar-refractivity contribution in [1.29, 1.82) is 0 Å². The van der Waals surface area contributed by atoms with Crippen LogP contribution in [-0.2, 0) is 9.59 Å². The second kappa shape index (κ2) is 5.65. The van der Waals surface area contributed by atoms with Gasteiger partial charge < -0.3 is 26.0 Å². The maximum Gasteiger partial charge on any atom is 0.408 e. The lowest BCUT2D eigenvalue weighted by atomic mass is 9.97. The average molecular weight is 261 g/mol. The molecule has 18 heavy (non-hydrogen) atoms. The Morgan fingerprint density at radius 1 is 0.944 bits per heavy atom. The maximum atomic E-state index is 11.3. The number of carboxylic acids is 2. The molecule has 0 bridgehead atoms. The van der Waals surface area contributed by atoms with Gasteiger partial charge in [-0.1, -0.05) is 0 Å². The molecule has 5 N–H and O–H groups in total. The highest BCUT2D eigenvalue weighted by Gasteiger charge is 2.54. The molecular formula is C9H15N3O6. The predicted octanol–water partition coefficient (Wildman–Crippen LogP) is -1.93. The first-order chi connectivity index (χ1) is 8.43. The zero-order chi connectivity index (χ0) is 13.8. The zero-order valence-electron chi connectivity index (χ0n) is 9.55. The van der Waals surface area contributed by atoms with E-state index in [0.717, 1.165) is 0 Å². The van der Waals surface area contributed by atoms with Crippen molar-refractivity contribution in [2.24, 2.45) is 0 Å². The lowest BCUT2D eigenvalue weighted by molar-refractivity contribution is -0.165. The highest BCUT2D eigenvalue weighted by atomic mass is 16.4. The van der Waals surface area contributed by atoms with Crippen molar-refractivity contribution >= 4 is 18.0 Å². The molecule has 102 valence electrons. The monoisotopic (exact) mass is 261 g/mol. The molecule has 0 aromatic rings. The van der Waals surface area contributed by atoms with Crippen molar-refractivity contribution < 1.29 is 29.7 Å². The van der Waals surface area contributed by atoms with E-state index >= 15 is 0 Å². The van der Waals surface area contributed by atoms with Crippen LogP contribution in [0.2, 0.25) is 0 Å². The van der Waals surface area contributed by atoms with Crippen LogP contribution in [0.15, 0.2) is 0 Å². The first-order valence-corrected chi connectivity index (χ1v) is 5.31. The van der Waals surface area contributed by atoms with Crippen molar-refractivity contribution in [3.63, 3.8) is 0 Å². The van der Waals surface area contributed by atoms with Gasteiger partial charge in [0.05, 0.1) is 0 Å². The Morgan fingerprint density at radius 2 is 1.50 bits per heavy atom. The highest BCUT2D eigenvalue weighted by molar-refractivity contribution is 6.06. The lowest BCUT2D eigenvalue weighted by Crippen LogP contribution is -2.67. The normalized spacial score (nSPS) is 20.3. The zero-order valence-corrected chi connectivity index (χ0v) is 9.55. The molecule has 1 fully saturated rings. The van der Waals surface area contributed by atoms with E-state index in [-0.39, 0.29) is 13.1 Å². The molecule has 9 heteroatoms. The fourth-order valence-electron chi connectivity index (χ4n) is 1.78. The third-order valence-electron chi connectivity index (χ3n) is 2.77. The topological polar surface area (TPSA) is 139 Å². The van der Waals surface area contributed by atoms with Crippen LogP contribution in [0, 0.1) is 0 Å². The van der Waals surface area contributed by atoms with Crippen LogP contribution < -0.4 is 10.6 Å². The summed E-state index contributed by atoms with van der Waals surface area (Å²) in [7, 11) is 0. The molecule has 0 radical (unpaired) electrons. The number of aliphatic carboxylic acids is 2. The number of hydrogen-bond donors (Lipinski definition) is 5. The summed E-state index contributed by atoms with van der Waals surface area (Å²) in [5, 5.41) is 32.8. The van der Waals surface area contributed by atoms with Gasteiger partial charge in [0.25, 0.3) is 5.54 Å². The molecule has 1 heterocycles. The summed E-state index contributed by atoms with van der Waals surface area (Å²) < 4.78 is 0. The Balaban J connectivity index is 3.19. The largest absolute Gasteiger partial charge is 0.479 e. The number of rotatable bonds is 2.